The summed E-state index contributed by atoms with van der Waals surface area (Å²) < 4.78 is 91.6. The monoisotopic (exact) mass is 868 g/mol. The van der Waals surface area contributed by atoms with E-state index in [4.69, 9.17) is 9.47 Å². The number of alkyl carbamates (subject to hydrolysis) is 2. The number of hydrogen-bond acceptors (Lipinski definition) is 11. The summed E-state index contributed by atoms with van der Waals surface area (Å²) in [4.78, 5) is 54.6. The number of fused-ring (bicyclic) bond motifs is 1. The van der Waals surface area contributed by atoms with Gasteiger partial charge in [0.2, 0.25) is 0 Å². The predicted octanol–water partition coefficient (Wildman–Crippen LogP) is 6.14. The molecule has 2 amide bonds. The summed E-state index contributed by atoms with van der Waals surface area (Å²) in [5.74, 6) is -6.65. The zero-order chi connectivity index (χ0) is 40.4. The Kier molecular flexibility index (Phi) is 16.2. The van der Waals surface area contributed by atoms with E-state index in [0.29, 0.717) is 12.9 Å². The van der Waals surface area contributed by atoms with E-state index >= 15 is 0 Å². The number of aldehydes is 1. The summed E-state index contributed by atoms with van der Waals surface area (Å²) in [6, 6.07) is 6.16. The molecular formula is C33H49F4IN2O12. The van der Waals surface area contributed by atoms with Crippen molar-refractivity contribution < 1.29 is 70.4 Å². The van der Waals surface area contributed by atoms with E-state index in [-0.39, 0.29) is 34.4 Å². The zero-order valence-corrected chi connectivity index (χ0v) is 32.6. The van der Waals surface area contributed by atoms with Gasteiger partial charge in [0.05, 0.1) is 18.8 Å². The van der Waals surface area contributed by atoms with Gasteiger partial charge >= 0.3 is 91.1 Å². The molecule has 298 valence electrons. The van der Waals surface area contributed by atoms with E-state index in [1.807, 2.05) is 0 Å². The Bertz CT molecular complexity index is 1480. The van der Waals surface area contributed by atoms with Crippen LogP contribution in [0.5, 0.6) is 0 Å². The van der Waals surface area contributed by atoms with E-state index in [0.717, 1.165) is 0 Å². The Morgan fingerprint density at radius 2 is 1.40 bits per heavy atom. The fourth-order valence-electron chi connectivity index (χ4n) is 4.90. The fourth-order valence-corrected chi connectivity index (χ4v) is 7.71. The molecule has 3 unspecified atom stereocenters. The topological polar surface area (TPSA) is 204 Å². The maximum absolute atomic E-state index is 13.1. The first-order valence-electron chi connectivity index (χ1n) is 16.1. The van der Waals surface area contributed by atoms with Gasteiger partial charge < -0.3 is 34.7 Å². The van der Waals surface area contributed by atoms with E-state index in [1.165, 1.54) is 19.1 Å². The summed E-state index contributed by atoms with van der Waals surface area (Å²) in [7, 11) is 0. The molecule has 0 spiro atoms. The third-order valence-electron chi connectivity index (χ3n) is 6.99. The number of esters is 1. The molecule has 2 fully saturated rings. The van der Waals surface area contributed by atoms with E-state index in [1.54, 1.807) is 60.6 Å². The van der Waals surface area contributed by atoms with Crippen molar-refractivity contribution in [2.75, 3.05) is 13.2 Å². The van der Waals surface area contributed by atoms with Gasteiger partial charge in [0.1, 0.15) is 23.0 Å². The molecule has 2 saturated carbocycles. The second kappa shape index (κ2) is 18.0. The summed E-state index contributed by atoms with van der Waals surface area (Å²) in [5, 5.41) is 13.8. The van der Waals surface area contributed by atoms with E-state index < -0.39 is 97.4 Å². The molecule has 1 aliphatic heterocycles. The molecule has 2 aliphatic carbocycles. The van der Waals surface area contributed by atoms with Gasteiger partial charge in [-0.15, -0.1) is 0 Å². The Morgan fingerprint density at radius 1 is 0.904 bits per heavy atom. The molecular weight excluding hydrogens is 819 g/mol. The van der Waals surface area contributed by atoms with Crippen molar-refractivity contribution in [2.24, 2.45) is 0 Å². The zero-order valence-electron chi connectivity index (χ0n) is 30.4. The van der Waals surface area contributed by atoms with Gasteiger partial charge in [0.25, 0.3) is 11.8 Å². The van der Waals surface area contributed by atoms with Gasteiger partial charge in [-0.1, -0.05) is 0 Å². The van der Waals surface area contributed by atoms with Crippen LogP contribution in [0.15, 0.2) is 24.3 Å². The second-order valence-electron chi connectivity index (χ2n) is 14.2. The number of carbonyl (C=O) groups is 5. The molecule has 0 aromatic heterocycles. The van der Waals surface area contributed by atoms with Crippen LogP contribution in [0, 0.1) is 3.57 Å². The van der Waals surface area contributed by atoms with Crippen LogP contribution in [0.3, 0.4) is 0 Å². The first kappa shape index (κ1) is 46.6. The van der Waals surface area contributed by atoms with Crippen molar-refractivity contribution in [3.63, 3.8) is 0 Å². The van der Waals surface area contributed by atoms with Crippen LogP contribution < -0.4 is 10.6 Å². The number of alkyl halides is 4. The van der Waals surface area contributed by atoms with Crippen molar-refractivity contribution in [3.05, 3.63) is 33.4 Å². The van der Waals surface area contributed by atoms with Crippen LogP contribution in [-0.2, 0) is 29.9 Å². The molecule has 3 aliphatic rings. The number of halogens is 5. The Morgan fingerprint density at radius 3 is 1.77 bits per heavy atom. The molecule has 0 radical (unpaired) electrons. The molecule has 3 atom stereocenters. The summed E-state index contributed by atoms with van der Waals surface area (Å²) in [6.07, 6.45) is -3.20. The van der Waals surface area contributed by atoms with Gasteiger partial charge in [-0.25, -0.2) is 27.2 Å². The molecule has 19 heteroatoms. The molecule has 1 aromatic rings. The van der Waals surface area contributed by atoms with Crippen LogP contribution in [0.25, 0.3) is 0 Å². The number of rotatable bonds is 5. The van der Waals surface area contributed by atoms with E-state index in [9.17, 15) is 53.1 Å². The van der Waals surface area contributed by atoms with Crippen molar-refractivity contribution >= 4 is 49.7 Å². The predicted molar refractivity (Wildman–Crippen MR) is 185 cm³/mol. The normalized spacial score (nSPS) is 26.4. The molecule has 4 rings (SSSR count). The summed E-state index contributed by atoms with van der Waals surface area (Å²) in [5.41, 5.74) is -3.96. The molecule has 14 nitrogen and oxygen atoms in total. The Hall–Kier alpha value is -3.46. The third-order valence-corrected chi connectivity index (χ3v) is 10.4. The molecule has 1 heterocycles. The molecule has 1 aromatic carbocycles. The number of carbonyl (C=O) groups excluding carboxylic acids is 5. The van der Waals surface area contributed by atoms with Gasteiger partial charge in [-0.05, 0) is 61.3 Å². The standard InChI is InChI=1S/C11H19F2NO3.C11H17F2NO3.C7H5IO4.C4H8O2/c2*1-9(2,3)17-8(16)14-10(7-15)4-5-11(12,13)6-10;9-7-5-3-1-2-4-6(5)8(10,11)12-7;1-3-6-4(2)5/h15H,4-7H2,1-3H3,(H,14,16);7H,4-6H2,1-3H3,(H,14,16);1-4H,(H,10,11);3H2,1-2H3. The molecule has 0 saturated heterocycles. The van der Waals surface area contributed by atoms with Gasteiger partial charge in [-0.2, -0.15) is 0 Å². The van der Waals surface area contributed by atoms with Crippen LogP contribution in [0.1, 0.15) is 104 Å². The van der Waals surface area contributed by atoms with Gasteiger partial charge in [0, 0.05) is 32.6 Å². The minimum atomic E-state index is -4.54. The Balaban J connectivity index is 0.000000365. The number of benzene rings is 1. The second-order valence-corrected chi connectivity index (χ2v) is 18.4. The number of amides is 2. The van der Waals surface area contributed by atoms with Crippen LogP contribution in [-0.4, -0.2) is 86.3 Å². The first-order chi connectivity index (χ1) is 23.5. The first-order valence-corrected chi connectivity index (χ1v) is 19.9. The van der Waals surface area contributed by atoms with Crippen molar-refractivity contribution in [1.82, 2.24) is 10.6 Å². The number of ether oxygens (including phenoxy) is 3. The van der Waals surface area contributed by atoms with Crippen LogP contribution in [0.4, 0.5) is 27.2 Å². The Labute approximate surface area is 304 Å². The van der Waals surface area contributed by atoms with Crippen molar-refractivity contribution in [2.45, 2.75) is 128 Å². The molecule has 0 bridgehead atoms. The minimum absolute atomic E-state index is 0.0513. The quantitative estimate of drug-likeness (QED) is 0.0868. The van der Waals surface area contributed by atoms with Crippen molar-refractivity contribution in [1.29, 1.82) is 0 Å². The number of aliphatic hydroxyl groups excluding tert-OH is 1. The van der Waals surface area contributed by atoms with Crippen molar-refractivity contribution in [3.8, 4) is 0 Å². The van der Waals surface area contributed by atoms with E-state index in [2.05, 4.69) is 18.4 Å². The average molecular weight is 869 g/mol. The third kappa shape index (κ3) is 16.1. The van der Waals surface area contributed by atoms with Crippen LogP contribution >= 0.6 is 19.3 Å². The summed E-state index contributed by atoms with van der Waals surface area (Å²) in [6.45, 7) is 13.2. The SMILES string of the molecule is CC(C)(C)OC(=O)NC1(C=O)CCC(F)(F)C1.CC(C)(C)OC(=O)NC1(CO)CCC(F)(F)C1.CCOC(C)=O.O=C1OI(=O)(O)c2ccccc21. The maximum atomic E-state index is 13.1. The molecule has 52 heavy (non-hydrogen) atoms. The number of nitrogens with one attached hydrogen (secondary N) is 2. The number of hydrogen-bond donors (Lipinski definition) is 4. The van der Waals surface area contributed by atoms with Gasteiger partial charge in [0.15, 0.2) is 0 Å². The van der Waals surface area contributed by atoms with Crippen LogP contribution in [0.2, 0.25) is 0 Å². The number of aliphatic hydroxyl groups is 1. The van der Waals surface area contributed by atoms with Gasteiger partial charge in [-0.3, -0.25) is 4.79 Å². The summed E-state index contributed by atoms with van der Waals surface area (Å²) >= 11 is -4.54. The average Bonchev–Trinajstić information content (AvgIpc) is 3.54. The fraction of sp³-hybridized carbons (Fsp3) is 0.667. The molecule has 4 N–H and O–H groups in total.